The zero-order valence-corrected chi connectivity index (χ0v) is 10.4. The van der Waals surface area contributed by atoms with E-state index in [0.717, 1.165) is 24.1 Å². The first-order valence-corrected chi connectivity index (χ1v) is 5.99. The van der Waals surface area contributed by atoms with Crippen LogP contribution in [-0.2, 0) is 17.6 Å². The fraction of sp³-hybridized carbons (Fsp3) is 0.385. The summed E-state index contributed by atoms with van der Waals surface area (Å²) in [6, 6.07) is 5.54. The highest BCUT2D eigenvalue weighted by Crippen LogP contribution is 2.27. The van der Waals surface area contributed by atoms with E-state index in [1.807, 2.05) is 12.1 Å². The molecule has 96 valence electrons. The van der Waals surface area contributed by atoms with Gasteiger partial charge in [-0.15, -0.1) is 0 Å². The Morgan fingerprint density at radius 3 is 2.94 bits per heavy atom. The Labute approximate surface area is 106 Å². The largest absolute Gasteiger partial charge is 0.352 e. The molecule has 0 aromatic heterocycles. The van der Waals surface area contributed by atoms with Crippen LogP contribution in [0.4, 0.5) is 10.5 Å². The Hall–Kier alpha value is -2.04. The molecule has 0 radical (unpaired) electrons. The molecule has 0 atom stereocenters. The summed E-state index contributed by atoms with van der Waals surface area (Å²) < 4.78 is 0. The van der Waals surface area contributed by atoms with Crippen molar-refractivity contribution in [2.45, 2.75) is 19.3 Å². The summed E-state index contributed by atoms with van der Waals surface area (Å²) in [7, 11) is 1.80. The molecule has 0 spiro atoms. The summed E-state index contributed by atoms with van der Waals surface area (Å²) in [5.41, 5.74) is 8.32. The number of urea groups is 1. The predicted molar refractivity (Wildman–Crippen MR) is 69.5 cm³/mol. The molecule has 1 heterocycles. The van der Waals surface area contributed by atoms with Gasteiger partial charge >= 0.3 is 6.03 Å². The lowest BCUT2D eigenvalue weighted by Gasteiger charge is -2.26. The molecule has 1 aromatic carbocycles. The molecule has 5 heteroatoms. The zero-order valence-electron chi connectivity index (χ0n) is 10.4. The van der Waals surface area contributed by atoms with Crippen molar-refractivity contribution >= 4 is 17.6 Å². The van der Waals surface area contributed by atoms with Gasteiger partial charge in [-0.25, -0.2) is 4.79 Å². The SMILES string of the molecule is CN1C(=O)CCc2cc(CCNC(N)=O)ccc21. The van der Waals surface area contributed by atoms with Gasteiger partial charge in [-0.05, 0) is 30.0 Å². The first-order valence-electron chi connectivity index (χ1n) is 5.99. The summed E-state index contributed by atoms with van der Waals surface area (Å²) in [6.07, 6.45) is 2.09. The lowest BCUT2D eigenvalue weighted by atomic mass is 9.98. The highest BCUT2D eigenvalue weighted by atomic mass is 16.2. The molecule has 18 heavy (non-hydrogen) atoms. The summed E-state index contributed by atoms with van der Waals surface area (Å²) >= 11 is 0. The van der Waals surface area contributed by atoms with Gasteiger partial charge in [0, 0.05) is 25.7 Å². The lowest BCUT2D eigenvalue weighted by molar-refractivity contribution is -0.118. The van der Waals surface area contributed by atoms with E-state index in [1.165, 1.54) is 5.56 Å². The number of anilines is 1. The summed E-state index contributed by atoms with van der Waals surface area (Å²) in [6.45, 7) is 0.531. The zero-order chi connectivity index (χ0) is 13.1. The van der Waals surface area contributed by atoms with Gasteiger partial charge in [-0.2, -0.15) is 0 Å². The van der Waals surface area contributed by atoms with E-state index in [4.69, 9.17) is 5.73 Å². The van der Waals surface area contributed by atoms with Crippen molar-refractivity contribution < 1.29 is 9.59 Å². The summed E-state index contributed by atoms with van der Waals surface area (Å²) in [5, 5.41) is 2.56. The molecule has 0 bridgehead atoms. The van der Waals surface area contributed by atoms with E-state index in [-0.39, 0.29) is 5.91 Å². The van der Waals surface area contributed by atoms with Crippen LogP contribution in [-0.4, -0.2) is 25.5 Å². The van der Waals surface area contributed by atoms with Crippen LogP contribution in [0.3, 0.4) is 0 Å². The molecule has 1 aromatic rings. The maximum atomic E-state index is 11.6. The molecule has 5 nitrogen and oxygen atoms in total. The Morgan fingerprint density at radius 1 is 1.44 bits per heavy atom. The topological polar surface area (TPSA) is 75.4 Å². The van der Waals surface area contributed by atoms with E-state index in [0.29, 0.717) is 13.0 Å². The third kappa shape index (κ3) is 2.61. The van der Waals surface area contributed by atoms with Gasteiger partial charge in [0.25, 0.3) is 0 Å². The van der Waals surface area contributed by atoms with Gasteiger partial charge in [-0.1, -0.05) is 12.1 Å². The Morgan fingerprint density at radius 2 is 2.22 bits per heavy atom. The third-order valence-electron chi connectivity index (χ3n) is 3.20. The van der Waals surface area contributed by atoms with Gasteiger partial charge in [0.2, 0.25) is 5.91 Å². The molecule has 0 aliphatic carbocycles. The van der Waals surface area contributed by atoms with Gasteiger partial charge < -0.3 is 16.0 Å². The highest BCUT2D eigenvalue weighted by Gasteiger charge is 2.20. The van der Waals surface area contributed by atoms with E-state index in [2.05, 4.69) is 11.4 Å². The van der Waals surface area contributed by atoms with Crippen LogP contribution in [0.5, 0.6) is 0 Å². The molecule has 3 amide bonds. The number of benzene rings is 1. The van der Waals surface area contributed by atoms with Crippen LogP contribution in [0.1, 0.15) is 17.5 Å². The van der Waals surface area contributed by atoms with Crippen LogP contribution >= 0.6 is 0 Å². The molecular formula is C13H17N3O2. The number of primary amides is 1. The number of aryl methyl sites for hydroxylation is 1. The Bertz CT molecular complexity index is 485. The van der Waals surface area contributed by atoms with Crippen molar-refractivity contribution in [2.24, 2.45) is 5.73 Å². The predicted octanol–water partition coefficient (Wildman–Crippen LogP) is 0.806. The minimum atomic E-state index is -0.502. The van der Waals surface area contributed by atoms with Crippen molar-refractivity contribution in [1.29, 1.82) is 0 Å². The van der Waals surface area contributed by atoms with E-state index < -0.39 is 6.03 Å². The van der Waals surface area contributed by atoms with E-state index >= 15 is 0 Å². The fourth-order valence-corrected chi connectivity index (χ4v) is 2.20. The number of amides is 3. The molecule has 0 saturated heterocycles. The number of carbonyl (C=O) groups is 2. The average Bonchev–Trinajstić information content (AvgIpc) is 2.33. The number of hydrogen-bond donors (Lipinski definition) is 2. The number of carbonyl (C=O) groups excluding carboxylic acids is 2. The highest BCUT2D eigenvalue weighted by molar-refractivity contribution is 5.95. The molecule has 3 N–H and O–H groups in total. The number of nitrogens with one attached hydrogen (secondary N) is 1. The Kier molecular flexibility index (Phi) is 3.50. The molecule has 0 fully saturated rings. The summed E-state index contributed by atoms with van der Waals surface area (Å²) in [4.78, 5) is 23.8. The first kappa shape index (κ1) is 12.4. The fourth-order valence-electron chi connectivity index (χ4n) is 2.20. The van der Waals surface area contributed by atoms with Crippen LogP contribution in [0, 0.1) is 0 Å². The molecule has 0 unspecified atom stereocenters. The van der Waals surface area contributed by atoms with E-state index in [9.17, 15) is 9.59 Å². The summed E-state index contributed by atoms with van der Waals surface area (Å²) in [5.74, 6) is 0.158. The second-order valence-electron chi connectivity index (χ2n) is 4.46. The normalized spacial score (nSPS) is 14.3. The number of hydrogen-bond acceptors (Lipinski definition) is 2. The number of rotatable bonds is 3. The van der Waals surface area contributed by atoms with Crippen molar-refractivity contribution in [3.8, 4) is 0 Å². The van der Waals surface area contributed by atoms with Crippen molar-refractivity contribution in [1.82, 2.24) is 5.32 Å². The van der Waals surface area contributed by atoms with Gasteiger partial charge in [0.15, 0.2) is 0 Å². The van der Waals surface area contributed by atoms with Gasteiger partial charge in [-0.3, -0.25) is 4.79 Å². The minimum Gasteiger partial charge on any atom is -0.352 e. The average molecular weight is 247 g/mol. The number of fused-ring (bicyclic) bond motifs is 1. The molecule has 1 aliphatic heterocycles. The second-order valence-corrected chi connectivity index (χ2v) is 4.46. The van der Waals surface area contributed by atoms with Crippen molar-refractivity contribution in [3.05, 3.63) is 29.3 Å². The maximum absolute atomic E-state index is 11.6. The van der Waals surface area contributed by atoms with Crippen molar-refractivity contribution in [3.63, 3.8) is 0 Å². The molecule has 2 rings (SSSR count). The Balaban J connectivity index is 2.08. The lowest BCUT2D eigenvalue weighted by Crippen LogP contribution is -2.32. The smallest absolute Gasteiger partial charge is 0.312 e. The van der Waals surface area contributed by atoms with Crippen LogP contribution in [0.25, 0.3) is 0 Å². The standard InChI is InChI=1S/C13H17N3O2/c1-16-11-4-2-9(6-7-15-13(14)18)8-10(11)3-5-12(16)17/h2,4,8H,3,5-7H2,1H3,(H3,14,15,18). The first-order chi connectivity index (χ1) is 8.58. The number of nitrogens with zero attached hydrogens (tertiary/aromatic N) is 1. The molecule has 0 saturated carbocycles. The third-order valence-corrected chi connectivity index (χ3v) is 3.20. The number of nitrogens with two attached hydrogens (primary N) is 1. The van der Waals surface area contributed by atoms with E-state index in [1.54, 1.807) is 11.9 Å². The van der Waals surface area contributed by atoms with Crippen LogP contribution < -0.4 is 16.0 Å². The molecular weight excluding hydrogens is 230 g/mol. The quantitative estimate of drug-likeness (QED) is 0.829. The maximum Gasteiger partial charge on any atom is 0.312 e. The van der Waals surface area contributed by atoms with Crippen molar-refractivity contribution in [2.75, 3.05) is 18.5 Å². The minimum absolute atomic E-state index is 0.158. The monoisotopic (exact) mass is 247 g/mol. The van der Waals surface area contributed by atoms with Gasteiger partial charge in [0.05, 0.1) is 0 Å². The van der Waals surface area contributed by atoms with Gasteiger partial charge in [0.1, 0.15) is 0 Å². The second kappa shape index (κ2) is 5.08. The van der Waals surface area contributed by atoms with Crippen LogP contribution in [0.15, 0.2) is 18.2 Å². The van der Waals surface area contributed by atoms with Crippen LogP contribution in [0.2, 0.25) is 0 Å². The molecule has 1 aliphatic rings.